The molecule has 6 heteroatoms. The summed E-state index contributed by atoms with van der Waals surface area (Å²) in [5.74, 6) is 0.129. The van der Waals surface area contributed by atoms with Crippen molar-refractivity contribution in [3.05, 3.63) is 83.6 Å². The molecule has 0 saturated carbocycles. The van der Waals surface area contributed by atoms with Gasteiger partial charge in [0, 0.05) is 16.1 Å². The van der Waals surface area contributed by atoms with E-state index in [4.69, 9.17) is 11.6 Å². The second-order valence-corrected chi connectivity index (χ2v) is 6.05. The fourth-order valence-corrected chi connectivity index (χ4v) is 2.71. The number of nitrogens with one attached hydrogen (secondary N) is 1. The van der Waals surface area contributed by atoms with Crippen molar-refractivity contribution in [2.24, 2.45) is 0 Å². The molecule has 0 aliphatic heterocycles. The van der Waals surface area contributed by atoms with Gasteiger partial charge in [0.25, 0.3) is 5.91 Å². The number of pyridine rings is 1. The number of carbonyl (C=O) groups excluding carboxylic acids is 1. The average molecular weight is 361 g/mol. The molecule has 0 spiro atoms. The van der Waals surface area contributed by atoms with Gasteiger partial charge >= 0.3 is 0 Å². The second kappa shape index (κ2) is 6.90. The van der Waals surface area contributed by atoms with Crippen molar-refractivity contribution in [2.45, 2.75) is 0 Å². The number of halogens is 1. The summed E-state index contributed by atoms with van der Waals surface area (Å²) in [6, 6.07) is 20.1. The fourth-order valence-electron chi connectivity index (χ4n) is 2.58. The Morgan fingerprint density at radius 3 is 2.42 bits per heavy atom. The summed E-state index contributed by atoms with van der Waals surface area (Å²) in [5.41, 5.74) is 3.40. The van der Waals surface area contributed by atoms with Crippen molar-refractivity contribution in [2.75, 3.05) is 5.32 Å². The first-order valence-electron chi connectivity index (χ1n) is 7.95. The summed E-state index contributed by atoms with van der Waals surface area (Å²) in [6.45, 7) is 0. The smallest absolute Gasteiger partial charge is 0.256 e. The van der Waals surface area contributed by atoms with E-state index in [1.54, 1.807) is 12.1 Å². The first-order valence-corrected chi connectivity index (χ1v) is 8.32. The van der Waals surface area contributed by atoms with Gasteiger partial charge in [-0.25, -0.2) is 15.0 Å². The highest BCUT2D eigenvalue weighted by Crippen LogP contribution is 2.24. The third-order valence-electron chi connectivity index (χ3n) is 3.89. The highest BCUT2D eigenvalue weighted by molar-refractivity contribution is 6.30. The maximum absolute atomic E-state index is 12.4. The molecule has 0 atom stereocenters. The van der Waals surface area contributed by atoms with Gasteiger partial charge in [-0.3, -0.25) is 4.79 Å². The third-order valence-corrected chi connectivity index (χ3v) is 4.14. The van der Waals surface area contributed by atoms with Crippen LogP contribution in [0.15, 0.2) is 73.1 Å². The number of benzene rings is 2. The average Bonchev–Trinajstić information content (AvgIpc) is 2.69. The Morgan fingerprint density at radius 1 is 0.885 bits per heavy atom. The summed E-state index contributed by atoms with van der Waals surface area (Å²) in [4.78, 5) is 25.5. The number of aromatic nitrogens is 3. The molecule has 126 valence electrons. The molecule has 4 rings (SSSR count). The number of fused-ring (bicyclic) bond motifs is 1. The molecule has 2 aromatic heterocycles. The van der Waals surface area contributed by atoms with Gasteiger partial charge in [-0.1, -0.05) is 41.9 Å². The predicted molar refractivity (Wildman–Crippen MR) is 102 cm³/mol. The Labute approximate surface area is 154 Å². The second-order valence-electron chi connectivity index (χ2n) is 5.61. The van der Waals surface area contributed by atoms with Gasteiger partial charge in [-0.2, -0.15) is 0 Å². The fraction of sp³-hybridized carbons (Fsp3) is 0. The molecule has 5 nitrogen and oxygen atoms in total. The molecular formula is C20H13ClN4O. The van der Waals surface area contributed by atoms with E-state index in [9.17, 15) is 4.79 Å². The van der Waals surface area contributed by atoms with E-state index < -0.39 is 0 Å². The van der Waals surface area contributed by atoms with E-state index >= 15 is 0 Å². The van der Waals surface area contributed by atoms with Gasteiger partial charge in [0.15, 0.2) is 5.82 Å². The zero-order valence-electron chi connectivity index (χ0n) is 13.6. The minimum absolute atomic E-state index is 0.246. The number of hydrogen-bond donors (Lipinski definition) is 1. The van der Waals surface area contributed by atoms with Crippen LogP contribution in [0, 0.1) is 0 Å². The minimum atomic E-state index is -0.246. The Balaban J connectivity index is 1.74. The van der Waals surface area contributed by atoms with Gasteiger partial charge in [0.05, 0.1) is 11.2 Å². The van der Waals surface area contributed by atoms with Crippen LogP contribution < -0.4 is 5.32 Å². The molecule has 2 heterocycles. The first-order chi connectivity index (χ1) is 12.7. The molecule has 1 amide bonds. The molecule has 26 heavy (non-hydrogen) atoms. The summed E-state index contributed by atoms with van der Waals surface area (Å²) < 4.78 is 0. The molecule has 0 bridgehead atoms. The van der Waals surface area contributed by atoms with E-state index in [1.165, 1.54) is 6.33 Å². The van der Waals surface area contributed by atoms with Crippen molar-refractivity contribution >= 4 is 34.4 Å². The van der Waals surface area contributed by atoms with Crippen LogP contribution in [0.2, 0.25) is 5.02 Å². The lowest BCUT2D eigenvalue weighted by Crippen LogP contribution is -2.13. The normalized spacial score (nSPS) is 10.7. The molecule has 0 radical (unpaired) electrons. The highest BCUT2D eigenvalue weighted by atomic mass is 35.5. The quantitative estimate of drug-likeness (QED) is 0.580. The van der Waals surface area contributed by atoms with E-state index in [1.807, 2.05) is 54.6 Å². The van der Waals surface area contributed by atoms with E-state index in [-0.39, 0.29) is 5.91 Å². The minimum Gasteiger partial charge on any atom is -0.305 e. The lowest BCUT2D eigenvalue weighted by atomic mass is 10.1. The molecule has 0 saturated heterocycles. The molecule has 0 unspecified atom stereocenters. The van der Waals surface area contributed by atoms with Gasteiger partial charge in [-0.15, -0.1) is 0 Å². The molecular weight excluding hydrogens is 348 g/mol. The zero-order chi connectivity index (χ0) is 17.9. The predicted octanol–water partition coefficient (Wildman–Crippen LogP) is 4.60. The van der Waals surface area contributed by atoms with Crippen molar-refractivity contribution in [3.63, 3.8) is 0 Å². The van der Waals surface area contributed by atoms with Gasteiger partial charge in [-0.05, 0) is 36.4 Å². The van der Waals surface area contributed by atoms with Crippen molar-refractivity contribution in [1.82, 2.24) is 15.0 Å². The van der Waals surface area contributed by atoms with Gasteiger partial charge in [0.2, 0.25) is 0 Å². The van der Waals surface area contributed by atoms with Gasteiger partial charge in [0.1, 0.15) is 11.8 Å². The third kappa shape index (κ3) is 3.25. The molecule has 1 N–H and O–H groups in total. The molecule has 0 fully saturated rings. The summed E-state index contributed by atoms with van der Waals surface area (Å²) in [5, 5.41) is 3.48. The number of anilines is 1. The maximum Gasteiger partial charge on any atom is 0.256 e. The maximum atomic E-state index is 12.4. The topological polar surface area (TPSA) is 67.8 Å². The highest BCUT2D eigenvalue weighted by Gasteiger charge is 2.12. The van der Waals surface area contributed by atoms with Crippen molar-refractivity contribution in [1.29, 1.82) is 0 Å². The molecule has 4 aromatic rings. The first kappa shape index (κ1) is 16.2. The Morgan fingerprint density at radius 2 is 1.65 bits per heavy atom. The summed E-state index contributed by atoms with van der Waals surface area (Å²) in [6.07, 6.45) is 1.41. The summed E-state index contributed by atoms with van der Waals surface area (Å²) in [7, 11) is 0. The Bertz CT molecular complexity index is 1080. The number of rotatable bonds is 3. The van der Waals surface area contributed by atoms with Crippen LogP contribution >= 0.6 is 11.6 Å². The van der Waals surface area contributed by atoms with E-state index in [0.717, 1.165) is 11.3 Å². The van der Waals surface area contributed by atoms with Crippen LogP contribution in [0.1, 0.15) is 10.4 Å². The SMILES string of the molecule is O=C(Nc1ncnc2ccc(-c3ccc(Cl)cc3)nc12)c1ccccc1. The Hall–Kier alpha value is -3.31. The number of amides is 1. The molecule has 0 aliphatic carbocycles. The standard InChI is InChI=1S/C20H13ClN4O/c21-15-8-6-13(7-9-15)16-10-11-17-18(24-16)19(23-12-22-17)25-20(26)14-4-2-1-3-5-14/h1-12H,(H,22,23,25,26). The molecule has 0 aliphatic rings. The van der Waals surface area contributed by atoms with Crippen LogP contribution in [-0.4, -0.2) is 20.9 Å². The number of hydrogen-bond acceptors (Lipinski definition) is 4. The van der Waals surface area contributed by atoms with E-state index in [0.29, 0.717) is 27.4 Å². The lowest BCUT2D eigenvalue weighted by Gasteiger charge is -2.08. The zero-order valence-corrected chi connectivity index (χ0v) is 14.3. The van der Waals surface area contributed by atoms with Crippen LogP contribution in [0.4, 0.5) is 5.82 Å². The van der Waals surface area contributed by atoms with E-state index in [2.05, 4.69) is 20.3 Å². The van der Waals surface area contributed by atoms with Gasteiger partial charge < -0.3 is 5.32 Å². The van der Waals surface area contributed by atoms with Crippen LogP contribution in [0.25, 0.3) is 22.3 Å². The summed E-state index contributed by atoms with van der Waals surface area (Å²) >= 11 is 5.95. The lowest BCUT2D eigenvalue weighted by molar-refractivity contribution is 0.102. The van der Waals surface area contributed by atoms with Crippen molar-refractivity contribution in [3.8, 4) is 11.3 Å². The monoisotopic (exact) mass is 360 g/mol. The number of nitrogens with zero attached hydrogens (tertiary/aromatic N) is 3. The van der Waals surface area contributed by atoms with Crippen molar-refractivity contribution < 1.29 is 4.79 Å². The Kier molecular flexibility index (Phi) is 4.29. The molecule has 2 aromatic carbocycles. The van der Waals surface area contributed by atoms with Crippen LogP contribution in [-0.2, 0) is 0 Å². The van der Waals surface area contributed by atoms with Crippen LogP contribution in [0.5, 0.6) is 0 Å². The number of carbonyl (C=O) groups is 1. The largest absolute Gasteiger partial charge is 0.305 e. The van der Waals surface area contributed by atoms with Crippen LogP contribution in [0.3, 0.4) is 0 Å².